The van der Waals surface area contributed by atoms with Crippen LogP contribution in [0.3, 0.4) is 0 Å². The highest BCUT2D eigenvalue weighted by Crippen LogP contribution is 2.36. The van der Waals surface area contributed by atoms with Crippen LogP contribution in [-0.4, -0.2) is 0 Å². The first-order valence-corrected chi connectivity index (χ1v) is 15.6. The quantitative estimate of drug-likeness (QED) is 0.197. The molecule has 0 saturated carbocycles. The molecule has 218 valence electrons. The molecule has 0 amide bonds. The normalized spacial score (nSPS) is 16.2. The molecule has 0 aromatic carbocycles. The Bertz CT molecular complexity index is 366. The fourth-order valence-electron chi connectivity index (χ4n) is 4.42. The van der Waals surface area contributed by atoms with E-state index in [0.29, 0.717) is 5.92 Å². The van der Waals surface area contributed by atoms with Gasteiger partial charge in [0.25, 0.3) is 0 Å². The molecule has 0 nitrogen and oxygen atoms in total. The zero-order valence-corrected chi connectivity index (χ0v) is 27.3. The predicted molar refractivity (Wildman–Crippen MR) is 172 cm³/mol. The minimum Gasteiger partial charge on any atom is -0.103 e. The Morgan fingerprint density at radius 3 is 1.37 bits per heavy atom. The summed E-state index contributed by atoms with van der Waals surface area (Å²) in [4.78, 5) is 0. The molecule has 0 bridgehead atoms. The van der Waals surface area contributed by atoms with Gasteiger partial charge in [0.2, 0.25) is 0 Å². The van der Waals surface area contributed by atoms with E-state index < -0.39 is 0 Å². The van der Waals surface area contributed by atoms with Crippen LogP contribution in [0.15, 0.2) is 12.7 Å². The predicted octanol–water partition coefficient (Wildman–Crippen LogP) is 13.5. The van der Waals surface area contributed by atoms with Crippen molar-refractivity contribution in [2.45, 2.75) is 169 Å². The Hall–Kier alpha value is -0.260. The largest absolute Gasteiger partial charge is 0.103 e. The second-order valence-electron chi connectivity index (χ2n) is 11.4. The van der Waals surface area contributed by atoms with Crippen molar-refractivity contribution in [3.05, 3.63) is 12.7 Å². The molecule has 0 rings (SSSR count). The Labute approximate surface area is 228 Å². The Balaban J connectivity index is -0.000000259. The van der Waals surface area contributed by atoms with Crippen molar-refractivity contribution in [3.63, 3.8) is 0 Å². The van der Waals surface area contributed by atoms with Crippen molar-refractivity contribution in [2.75, 3.05) is 0 Å². The second-order valence-corrected chi connectivity index (χ2v) is 11.4. The van der Waals surface area contributed by atoms with Crippen molar-refractivity contribution >= 4 is 0 Å². The van der Waals surface area contributed by atoms with Gasteiger partial charge in [0.15, 0.2) is 0 Å². The van der Waals surface area contributed by atoms with Gasteiger partial charge in [-0.15, -0.1) is 6.58 Å². The lowest BCUT2D eigenvalue weighted by atomic mass is 9.72. The SMILES string of the molecule is C.C=CC(CC(C)C(C)CC(CCC)CC(C)CC)C(C)C(C)C(C)C.CC.CCC.CCCC. The highest BCUT2D eigenvalue weighted by atomic mass is 14.3. The van der Waals surface area contributed by atoms with E-state index in [4.69, 9.17) is 0 Å². The van der Waals surface area contributed by atoms with Gasteiger partial charge >= 0.3 is 0 Å². The second kappa shape index (κ2) is 31.8. The van der Waals surface area contributed by atoms with Crippen molar-refractivity contribution in [2.24, 2.45) is 47.3 Å². The van der Waals surface area contributed by atoms with Crippen LogP contribution in [0.25, 0.3) is 0 Å². The first-order valence-electron chi connectivity index (χ1n) is 15.6. The topological polar surface area (TPSA) is 0 Å². The van der Waals surface area contributed by atoms with Gasteiger partial charge in [-0.05, 0) is 66.6 Å². The van der Waals surface area contributed by atoms with Gasteiger partial charge in [0.05, 0.1) is 0 Å². The molecule has 0 aliphatic carbocycles. The van der Waals surface area contributed by atoms with Crippen molar-refractivity contribution in [3.8, 4) is 0 Å². The number of allylic oxidation sites excluding steroid dienone is 1. The molecular weight excluding hydrogens is 420 g/mol. The van der Waals surface area contributed by atoms with Crippen LogP contribution in [0.1, 0.15) is 169 Å². The van der Waals surface area contributed by atoms with Crippen molar-refractivity contribution in [1.82, 2.24) is 0 Å². The summed E-state index contributed by atoms with van der Waals surface area (Å²) in [6.07, 6.45) is 14.4. The van der Waals surface area contributed by atoms with Gasteiger partial charge in [0, 0.05) is 0 Å². The van der Waals surface area contributed by atoms with Gasteiger partial charge < -0.3 is 0 Å². The third kappa shape index (κ3) is 26.6. The maximum atomic E-state index is 4.18. The van der Waals surface area contributed by atoms with Crippen molar-refractivity contribution < 1.29 is 0 Å². The first-order chi connectivity index (χ1) is 16.0. The van der Waals surface area contributed by atoms with E-state index in [0.717, 1.165) is 41.4 Å². The maximum Gasteiger partial charge on any atom is -0.0205 e. The van der Waals surface area contributed by atoms with E-state index in [2.05, 4.69) is 103 Å². The van der Waals surface area contributed by atoms with E-state index in [-0.39, 0.29) is 7.43 Å². The van der Waals surface area contributed by atoms with E-state index in [1.165, 1.54) is 57.8 Å². The Kier molecular flexibility index (Phi) is 40.6. The van der Waals surface area contributed by atoms with Gasteiger partial charge in [-0.2, -0.15) is 0 Å². The molecule has 0 aromatic heterocycles. The lowest BCUT2D eigenvalue weighted by Gasteiger charge is -2.33. The summed E-state index contributed by atoms with van der Waals surface area (Å²) in [7, 11) is 0. The third-order valence-electron chi connectivity index (χ3n) is 7.81. The summed E-state index contributed by atoms with van der Waals surface area (Å²) in [5.41, 5.74) is 0. The molecule has 0 spiro atoms. The van der Waals surface area contributed by atoms with Gasteiger partial charge in [-0.25, -0.2) is 0 Å². The van der Waals surface area contributed by atoms with Crippen LogP contribution >= 0.6 is 0 Å². The monoisotopic (exact) mass is 499 g/mol. The fourth-order valence-corrected chi connectivity index (χ4v) is 4.42. The minimum absolute atomic E-state index is 0. The molecular formula is C35H78. The van der Waals surface area contributed by atoms with E-state index in [1.807, 2.05) is 13.8 Å². The third-order valence-corrected chi connectivity index (χ3v) is 7.81. The standard InChI is InChI=1S/C25H50.C4H10.C3H8.C2H6.CH4/c1-11-14-24(15-19(6)12-2)16-20(7)21(8)17-25(13-3)23(10)22(9)18(4)5;1-3-4-2;1-3-2;1-2;/h13,18-25H,3,11-12,14-17H2,1-2,4-10H3;3-4H2,1-2H3;3H2,1-2H3;1-2H3;1H4. The summed E-state index contributed by atoms with van der Waals surface area (Å²) in [5.74, 6) is 6.34. The van der Waals surface area contributed by atoms with Crippen LogP contribution in [0.4, 0.5) is 0 Å². The molecule has 0 radical (unpaired) electrons. The summed E-state index contributed by atoms with van der Waals surface area (Å²) in [5, 5.41) is 0. The van der Waals surface area contributed by atoms with E-state index >= 15 is 0 Å². The molecule has 7 unspecified atom stereocenters. The molecule has 0 aromatic rings. The zero-order valence-electron chi connectivity index (χ0n) is 27.3. The zero-order chi connectivity index (χ0) is 27.7. The van der Waals surface area contributed by atoms with E-state index in [9.17, 15) is 0 Å². The van der Waals surface area contributed by atoms with Gasteiger partial charge in [0.1, 0.15) is 0 Å². The van der Waals surface area contributed by atoms with Crippen LogP contribution in [0.5, 0.6) is 0 Å². The molecule has 7 atom stereocenters. The number of unbranched alkanes of at least 4 members (excludes halogenated alkanes) is 1. The lowest BCUT2D eigenvalue weighted by Crippen LogP contribution is -2.25. The maximum absolute atomic E-state index is 4.18. The lowest BCUT2D eigenvalue weighted by molar-refractivity contribution is 0.185. The Morgan fingerprint density at radius 2 is 1.06 bits per heavy atom. The molecule has 0 N–H and O–H groups in total. The van der Waals surface area contributed by atoms with Crippen LogP contribution < -0.4 is 0 Å². The number of rotatable bonds is 15. The highest BCUT2D eigenvalue weighted by molar-refractivity contribution is 4.88. The molecule has 35 heavy (non-hydrogen) atoms. The van der Waals surface area contributed by atoms with E-state index in [1.54, 1.807) is 0 Å². The molecule has 0 heterocycles. The fraction of sp³-hybridized carbons (Fsp3) is 0.943. The highest BCUT2D eigenvalue weighted by Gasteiger charge is 2.26. The summed E-state index contributed by atoms with van der Waals surface area (Å²) in [6.45, 7) is 38.5. The minimum atomic E-state index is 0. The summed E-state index contributed by atoms with van der Waals surface area (Å²) in [6, 6.07) is 0. The number of hydrogen-bond donors (Lipinski definition) is 0. The smallest absolute Gasteiger partial charge is 0.0205 e. The summed E-state index contributed by atoms with van der Waals surface area (Å²) >= 11 is 0. The number of hydrogen-bond acceptors (Lipinski definition) is 0. The van der Waals surface area contributed by atoms with Crippen molar-refractivity contribution in [1.29, 1.82) is 0 Å². The van der Waals surface area contributed by atoms with Crippen LogP contribution in [-0.2, 0) is 0 Å². The molecule has 0 saturated heterocycles. The molecule has 0 heteroatoms. The molecule has 0 fully saturated rings. The molecule has 0 aliphatic rings. The average molecular weight is 499 g/mol. The van der Waals surface area contributed by atoms with Crippen LogP contribution in [0, 0.1) is 47.3 Å². The summed E-state index contributed by atoms with van der Waals surface area (Å²) < 4.78 is 0. The molecule has 0 aliphatic heterocycles. The Morgan fingerprint density at radius 1 is 0.629 bits per heavy atom. The van der Waals surface area contributed by atoms with Crippen LogP contribution in [0.2, 0.25) is 0 Å². The van der Waals surface area contributed by atoms with Gasteiger partial charge in [-0.3, -0.25) is 0 Å². The first kappa shape index (κ1) is 44.7. The van der Waals surface area contributed by atoms with Gasteiger partial charge in [-0.1, -0.05) is 156 Å². The average Bonchev–Trinajstić information content (AvgIpc) is 2.83.